The predicted molar refractivity (Wildman–Crippen MR) is 72.3 cm³/mol. The zero-order valence-corrected chi connectivity index (χ0v) is 12.1. The van der Waals surface area contributed by atoms with Crippen molar-refractivity contribution >= 4 is 0 Å². The summed E-state index contributed by atoms with van der Waals surface area (Å²) in [6.45, 7) is 12.6. The largest absolute Gasteiger partial charge is 0.390 e. The van der Waals surface area contributed by atoms with E-state index in [-0.39, 0.29) is 6.10 Å². The molecule has 2 N–H and O–H groups in total. The zero-order valence-electron chi connectivity index (χ0n) is 12.1. The Bertz CT molecular complexity index is 175. The van der Waals surface area contributed by atoms with Gasteiger partial charge in [0.25, 0.3) is 0 Å². The van der Waals surface area contributed by atoms with Crippen LogP contribution in [0.3, 0.4) is 0 Å². The molecule has 0 aliphatic rings. The highest BCUT2D eigenvalue weighted by Crippen LogP contribution is 2.05. The minimum Gasteiger partial charge on any atom is -0.390 e. The third kappa shape index (κ3) is 9.53. The van der Waals surface area contributed by atoms with E-state index in [1.54, 1.807) is 7.11 Å². The average molecular weight is 246 g/mol. The van der Waals surface area contributed by atoms with E-state index in [4.69, 9.17) is 4.74 Å². The van der Waals surface area contributed by atoms with Crippen molar-refractivity contribution in [3.63, 3.8) is 0 Å². The lowest BCUT2D eigenvalue weighted by atomic mass is 10.1. The summed E-state index contributed by atoms with van der Waals surface area (Å²) in [6.07, 6.45) is -0.312. The van der Waals surface area contributed by atoms with Crippen molar-refractivity contribution in [2.75, 3.05) is 39.9 Å². The first-order valence-electron chi connectivity index (χ1n) is 6.59. The van der Waals surface area contributed by atoms with Crippen molar-refractivity contribution in [1.82, 2.24) is 10.2 Å². The van der Waals surface area contributed by atoms with Gasteiger partial charge in [-0.25, -0.2) is 0 Å². The Morgan fingerprint density at radius 2 is 1.82 bits per heavy atom. The van der Waals surface area contributed by atoms with E-state index in [2.05, 4.69) is 37.9 Å². The molecule has 0 aliphatic heterocycles. The molecule has 104 valence electrons. The number of nitrogens with zero attached hydrogens (tertiary/aromatic N) is 1. The van der Waals surface area contributed by atoms with Crippen LogP contribution in [0.1, 0.15) is 27.7 Å². The van der Waals surface area contributed by atoms with E-state index in [1.165, 1.54) is 0 Å². The fourth-order valence-electron chi connectivity index (χ4n) is 1.74. The van der Waals surface area contributed by atoms with Crippen LogP contribution >= 0.6 is 0 Å². The Balaban J connectivity index is 3.83. The van der Waals surface area contributed by atoms with Crippen LogP contribution in [0.25, 0.3) is 0 Å². The van der Waals surface area contributed by atoms with Gasteiger partial charge in [-0.3, -0.25) is 4.90 Å². The molecule has 0 bridgehead atoms. The van der Waals surface area contributed by atoms with Crippen molar-refractivity contribution in [3.05, 3.63) is 0 Å². The fourth-order valence-corrected chi connectivity index (χ4v) is 1.74. The predicted octanol–water partition coefficient (Wildman–Crippen LogP) is 0.950. The third-order valence-corrected chi connectivity index (χ3v) is 2.64. The second-order valence-corrected chi connectivity index (χ2v) is 5.29. The van der Waals surface area contributed by atoms with Gasteiger partial charge in [-0.05, 0) is 19.8 Å². The van der Waals surface area contributed by atoms with Crippen molar-refractivity contribution in [2.24, 2.45) is 5.92 Å². The molecule has 1 atom stereocenters. The van der Waals surface area contributed by atoms with Gasteiger partial charge in [-0.1, -0.05) is 13.8 Å². The van der Waals surface area contributed by atoms with Gasteiger partial charge >= 0.3 is 0 Å². The molecule has 0 fully saturated rings. The second-order valence-electron chi connectivity index (χ2n) is 5.29. The van der Waals surface area contributed by atoms with E-state index < -0.39 is 0 Å². The second kappa shape index (κ2) is 9.83. The monoisotopic (exact) mass is 246 g/mol. The molecule has 0 aromatic carbocycles. The Kier molecular flexibility index (Phi) is 9.74. The SMILES string of the molecule is COCCNCC(O)CN(CC(C)C)C(C)C. The molecule has 0 aromatic heterocycles. The summed E-state index contributed by atoms with van der Waals surface area (Å²) >= 11 is 0. The summed E-state index contributed by atoms with van der Waals surface area (Å²) < 4.78 is 4.94. The van der Waals surface area contributed by atoms with Crippen LogP contribution in [-0.2, 0) is 4.74 Å². The normalized spacial score (nSPS) is 13.9. The Morgan fingerprint density at radius 1 is 1.18 bits per heavy atom. The van der Waals surface area contributed by atoms with E-state index in [1.807, 2.05) is 0 Å². The highest BCUT2D eigenvalue weighted by atomic mass is 16.5. The highest BCUT2D eigenvalue weighted by Gasteiger charge is 2.15. The summed E-state index contributed by atoms with van der Waals surface area (Å²) in [5, 5.41) is 13.1. The lowest BCUT2D eigenvalue weighted by Gasteiger charge is -2.30. The van der Waals surface area contributed by atoms with Gasteiger partial charge in [0, 0.05) is 39.3 Å². The fraction of sp³-hybridized carbons (Fsp3) is 1.00. The number of nitrogens with one attached hydrogen (secondary N) is 1. The standard InChI is InChI=1S/C13H30N2O2/c1-11(2)9-15(12(3)4)10-13(16)8-14-6-7-17-5/h11-14,16H,6-10H2,1-5H3. The molecule has 0 saturated carbocycles. The molecule has 0 radical (unpaired) electrons. The molecule has 0 spiro atoms. The van der Waals surface area contributed by atoms with E-state index >= 15 is 0 Å². The minimum absolute atomic E-state index is 0.312. The van der Waals surface area contributed by atoms with E-state index in [0.29, 0.717) is 25.1 Å². The van der Waals surface area contributed by atoms with Crippen LogP contribution in [0.5, 0.6) is 0 Å². The lowest BCUT2D eigenvalue weighted by Crippen LogP contribution is -2.43. The third-order valence-electron chi connectivity index (χ3n) is 2.64. The highest BCUT2D eigenvalue weighted by molar-refractivity contribution is 4.71. The van der Waals surface area contributed by atoms with Crippen LogP contribution in [0, 0.1) is 5.92 Å². The first kappa shape index (κ1) is 16.8. The summed E-state index contributed by atoms with van der Waals surface area (Å²) in [6, 6.07) is 0.478. The van der Waals surface area contributed by atoms with Gasteiger partial charge in [0.2, 0.25) is 0 Å². The van der Waals surface area contributed by atoms with Crippen molar-refractivity contribution < 1.29 is 9.84 Å². The molecule has 4 nitrogen and oxygen atoms in total. The number of hydrogen-bond donors (Lipinski definition) is 2. The molecule has 0 saturated heterocycles. The molecule has 0 aliphatic carbocycles. The van der Waals surface area contributed by atoms with Crippen LogP contribution in [0.2, 0.25) is 0 Å². The van der Waals surface area contributed by atoms with Crippen molar-refractivity contribution in [2.45, 2.75) is 39.8 Å². The Morgan fingerprint density at radius 3 is 2.29 bits per heavy atom. The summed E-state index contributed by atoms with van der Waals surface area (Å²) in [4.78, 5) is 2.33. The summed E-state index contributed by atoms with van der Waals surface area (Å²) in [5.74, 6) is 0.631. The number of aliphatic hydroxyl groups excluding tert-OH is 1. The van der Waals surface area contributed by atoms with Crippen LogP contribution in [0.15, 0.2) is 0 Å². The van der Waals surface area contributed by atoms with Gasteiger partial charge in [0.15, 0.2) is 0 Å². The molecule has 0 rings (SSSR count). The maximum absolute atomic E-state index is 9.94. The molecule has 17 heavy (non-hydrogen) atoms. The molecular weight excluding hydrogens is 216 g/mol. The van der Waals surface area contributed by atoms with Crippen LogP contribution < -0.4 is 5.32 Å². The first-order chi connectivity index (χ1) is 7.97. The topological polar surface area (TPSA) is 44.7 Å². The van der Waals surface area contributed by atoms with Gasteiger partial charge < -0.3 is 15.2 Å². The number of aliphatic hydroxyl groups is 1. The maximum atomic E-state index is 9.94. The Hall–Kier alpha value is -0.160. The minimum atomic E-state index is -0.312. The zero-order chi connectivity index (χ0) is 13.3. The van der Waals surface area contributed by atoms with E-state index in [0.717, 1.165) is 19.6 Å². The molecule has 0 amide bonds. The van der Waals surface area contributed by atoms with Crippen molar-refractivity contribution in [1.29, 1.82) is 0 Å². The van der Waals surface area contributed by atoms with Gasteiger partial charge in [-0.2, -0.15) is 0 Å². The number of ether oxygens (including phenoxy) is 1. The first-order valence-corrected chi connectivity index (χ1v) is 6.59. The molecule has 1 unspecified atom stereocenters. The smallest absolute Gasteiger partial charge is 0.0791 e. The average Bonchev–Trinajstić information content (AvgIpc) is 2.22. The quantitative estimate of drug-likeness (QED) is 0.563. The number of methoxy groups -OCH3 is 1. The summed E-state index contributed by atoms with van der Waals surface area (Å²) in [5.41, 5.74) is 0. The van der Waals surface area contributed by atoms with Gasteiger partial charge in [-0.15, -0.1) is 0 Å². The molecular formula is C13H30N2O2. The molecule has 0 heterocycles. The van der Waals surface area contributed by atoms with E-state index in [9.17, 15) is 5.11 Å². The van der Waals surface area contributed by atoms with Crippen LogP contribution in [-0.4, -0.2) is 62.0 Å². The number of hydrogen-bond acceptors (Lipinski definition) is 4. The molecule has 0 aromatic rings. The Labute approximate surface area is 106 Å². The summed E-state index contributed by atoms with van der Waals surface area (Å²) in [7, 11) is 1.68. The van der Waals surface area contributed by atoms with Gasteiger partial charge in [0.1, 0.15) is 0 Å². The molecule has 4 heteroatoms. The number of rotatable bonds is 10. The van der Waals surface area contributed by atoms with Crippen molar-refractivity contribution in [3.8, 4) is 0 Å². The maximum Gasteiger partial charge on any atom is 0.0791 e. The van der Waals surface area contributed by atoms with Gasteiger partial charge in [0.05, 0.1) is 12.7 Å². The van der Waals surface area contributed by atoms with Crippen LogP contribution in [0.4, 0.5) is 0 Å². The lowest BCUT2D eigenvalue weighted by molar-refractivity contribution is 0.0854.